The third-order valence-electron chi connectivity index (χ3n) is 3.89. The van der Waals surface area contributed by atoms with Crippen LogP contribution >= 0.6 is 0 Å². The summed E-state index contributed by atoms with van der Waals surface area (Å²) in [6, 6.07) is 0. The second kappa shape index (κ2) is 7.43. The molecule has 0 amide bonds. The molecule has 1 N–H and O–H groups in total. The topological polar surface area (TPSA) is 57.2 Å². The molecule has 0 bridgehead atoms. The third kappa shape index (κ3) is 4.44. The van der Waals surface area contributed by atoms with E-state index in [1.54, 1.807) is 0 Å². The molecule has 0 spiro atoms. The van der Waals surface area contributed by atoms with E-state index in [0.717, 1.165) is 31.4 Å². The Bertz CT molecular complexity index is 442. The molecule has 6 nitrogen and oxygen atoms in total. The van der Waals surface area contributed by atoms with E-state index in [0.29, 0.717) is 11.9 Å². The number of nitrogens with zero attached hydrogens (tertiary/aromatic N) is 5. The molecule has 1 aliphatic rings. The second-order valence-corrected chi connectivity index (χ2v) is 6.11. The predicted octanol–water partition coefficient (Wildman–Crippen LogP) is 2.39. The standard InChI is InChI=1S/C15H28N6/c1-5-10-16-13-17-14(20(2)3)19-15(18-13)21(4)11-12-8-6-7-9-12/h12H,5-11H2,1-4H3,(H,16,17,18,19). The molecule has 118 valence electrons. The van der Waals surface area contributed by atoms with Crippen molar-refractivity contribution < 1.29 is 0 Å². The molecule has 6 heteroatoms. The molecule has 0 radical (unpaired) electrons. The minimum atomic E-state index is 0.670. The van der Waals surface area contributed by atoms with Gasteiger partial charge in [0.2, 0.25) is 17.8 Å². The molecule has 1 heterocycles. The van der Waals surface area contributed by atoms with Gasteiger partial charge in [-0.05, 0) is 25.2 Å². The Hall–Kier alpha value is -1.59. The minimum Gasteiger partial charge on any atom is -0.354 e. The Kier molecular flexibility index (Phi) is 5.59. The van der Waals surface area contributed by atoms with Crippen LogP contribution in [0.3, 0.4) is 0 Å². The number of aromatic nitrogens is 3. The summed E-state index contributed by atoms with van der Waals surface area (Å²) < 4.78 is 0. The molecule has 0 saturated heterocycles. The first kappa shape index (κ1) is 15.8. The van der Waals surface area contributed by atoms with E-state index in [1.807, 2.05) is 19.0 Å². The van der Waals surface area contributed by atoms with E-state index in [1.165, 1.54) is 25.7 Å². The van der Waals surface area contributed by atoms with Gasteiger partial charge in [-0.2, -0.15) is 15.0 Å². The molecule has 21 heavy (non-hydrogen) atoms. The summed E-state index contributed by atoms with van der Waals surface area (Å²) in [5.41, 5.74) is 0. The molecule has 1 saturated carbocycles. The van der Waals surface area contributed by atoms with Crippen LogP contribution in [0.4, 0.5) is 17.8 Å². The Morgan fingerprint density at radius 3 is 2.33 bits per heavy atom. The highest BCUT2D eigenvalue weighted by Gasteiger charge is 2.19. The maximum Gasteiger partial charge on any atom is 0.231 e. The van der Waals surface area contributed by atoms with E-state index in [4.69, 9.17) is 0 Å². The maximum absolute atomic E-state index is 4.57. The van der Waals surface area contributed by atoms with Gasteiger partial charge in [-0.15, -0.1) is 0 Å². The van der Waals surface area contributed by atoms with Gasteiger partial charge in [0.1, 0.15) is 0 Å². The quantitative estimate of drug-likeness (QED) is 0.833. The van der Waals surface area contributed by atoms with Crippen LogP contribution in [-0.4, -0.2) is 49.2 Å². The summed E-state index contributed by atoms with van der Waals surface area (Å²) in [6.07, 6.45) is 6.44. The minimum absolute atomic E-state index is 0.670. The largest absolute Gasteiger partial charge is 0.354 e. The number of hydrogen-bond acceptors (Lipinski definition) is 6. The van der Waals surface area contributed by atoms with E-state index >= 15 is 0 Å². The van der Waals surface area contributed by atoms with E-state index in [9.17, 15) is 0 Å². The van der Waals surface area contributed by atoms with Crippen LogP contribution in [0.25, 0.3) is 0 Å². The lowest BCUT2D eigenvalue weighted by Gasteiger charge is -2.22. The van der Waals surface area contributed by atoms with Crippen molar-refractivity contribution >= 4 is 17.8 Å². The van der Waals surface area contributed by atoms with Crippen LogP contribution in [0.2, 0.25) is 0 Å². The summed E-state index contributed by atoms with van der Waals surface area (Å²) in [7, 11) is 6.00. The first-order valence-corrected chi connectivity index (χ1v) is 7.98. The molecular formula is C15H28N6. The molecule has 2 rings (SSSR count). The van der Waals surface area contributed by atoms with Gasteiger partial charge in [0.25, 0.3) is 0 Å². The fraction of sp³-hybridized carbons (Fsp3) is 0.800. The Morgan fingerprint density at radius 1 is 1.05 bits per heavy atom. The van der Waals surface area contributed by atoms with Crippen molar-refractivity contribution in [2.45, 2.75) is 39.0 Å². The van der Waals surface area contributed by atoms with Gasteiger partial charge in [0, 0.05) is 34.2 Å². The predicted molar refractivity (Wildman–Crippen MR) is 88.2 cm³/mol. The monoisotopic (exact) mass is 292 g/mol. The van der Waals surface area contributed by atoms with Crippen LogP contribution in [0, 0.1) is 5.92 Å². The lowest BCUT2D eigenvalue weighted by molar-refractivity contribution is 0.542. The summed E-state index contributed by atoms with van der Waals surface area (Å²) in [5, 5.41) is 3.26. The van der Waals surface area contributed by atoms with E-state index in [2.05, 4.69) is 39.1 Å². The molecule has 1 fully saturated rings. The van der Waals surface area contributed by atoms with Gasteiger partial charge in [-0.3, -0.25) is 0 Å². The molecule has 1 aromatic heterocycles. The van der Waals surface area contributed by atoms with Crippen molar-refractivity contribution in [1.29, 1.82) is 0 Å². The molecule has 0 atom stereocenters. The summed E-state index contributed by atoms with van der Waals surface area (Å²) in [4.78, 5) is 17.7. The lowest BCUT2D eigenvalue weighted by atomic mass is 10.1. The van der Waals surface area contributed by atoms with Crippen molar-refractivity contribution in [3.8, 4) is 0 Å². The first-order chi connectivity index (χ1) is 10.1. The second-order valence-electron chi connectivity index (χ2n) is 6.11. The van der Waals surface area contributed by atoms with Gasteiger partial charge in [-0.1, -0.05) is 19.8 Å². The molecule has 0 unspecified atom stereocenters. The number of anilines is 3. The zero-order valence-corrected chi connectivity index (χ0v) is 13.8. The number of rotatable bonds is 7. The van der Waals surface area contributed by atoms with Crippen molar-refractivity contribution in [2.75, 3.05) is 49.3 Å². The van der Waals surface area contributed by atoms with Crippen LogP contribution in [-0.2, 0) is 0 Å². The highest BCUT2D eigenvalue weighted by atomic mass is 15.3. The van der Waals surface area contributed by atoms with Crippen LogP contribution in [0.5, 0.6) is 0 Å². The van der Waals surface area contributed by atoms with Crippen molar-refractivity contribution in [3.05, 3.63) is 0 Å². The van der Waals surface area contributed by atoms with Crippen molar-refractivity contribution in [1.82, 2.24) is 15.0 Å². The third-order valence-corrected chi connectivity index (χ3v) is 3.89. The summed E-state index contributed by atoms with van der Waals surface area (Å²) in [5.74, 6) is 2.92. The van der Waals surface area contributed by atoms with Crippen LogP contribution < -0.4 is 15.1 Å². The maximum atomic E-state index is 4.57. The summed E-state index contributed by atoms with van der Waals surface area (Å²) in [6.45, 7) is 4.04. The van der Waals surface area contributed by atoms with Gasteiger partial charge >= 0.3 is 0 Å². The molecule has 0 aliphatic heterocycles. The van der Waals surface area contributed by atoms with Gasteiger partial charge in [-0.25, -0.2) is 0 Å². The zero-order chi connectivity index (χ0) is 15.2. The highest BCUT2D eigenvalue weighted by Crippen LogP contribution is 2.26. The number of nitrogens with one attached hydrogen (secondary N) is 1. The normalized spacial score (nSPS) is 15.2. The average Bonchev–Trinajstić information content (AvgIpc) is 2.97. The molecule has 1 aliphatic carbocycles. The number of hydrogen-bond donors (Lipinski definition) is 1. The smallest absolute Gasteiger partial charge is 0.231 e. The van der Waals surface area contributed by atoms with Crippen LogP contribution in [0.1, 0.15) is 39.0 Å². The molecular weight excluding hydrogens is 264 g/mol. The van der Waals surface area contributed by atoms with Gasteiger partial charge < -0.3 is 15.1 Å². The zero-order valence-electron chi connectivity index (χ0n) is 13.8. The Morgan fingerprint density at radius 2 is 1.71 bits per heavy atom. The van der Waals surface area contributed by atoms with Crippen LogP contribution in [0.15, 0.2) is 0 Å². The fourth-order valence-electron chi connectivity index (χ4n) is 2.70. The van der Waals surface area contributed by atoms with Gasteiger partial charge in [0.05, 0.1) is 0 Å². The fourth-order valence-corrected chi connectivity index (χ4v) is 2.70. The SMILES string of the molecule is CCCNc1nc(N(C)C)nc(N(C)CC2CCCC2)n1. The first-order valence-electron chi connectivity index (χ1n) is 7.98. The summed E-state index contributed by atoms with van der Waals surface area (Å²) >= 11 is 0. The Balaban J connectivity index is 2.13. The Labute approximate surface area is 128 Å². The van der Waals surface area contributed by atoms with Crippen molar-refractivity contribution in [3.63, 3.8) is 0 Å². The molecule has 1 aromatic rings. The average molecular weight is 292 g/mol. The highest BCUT2D eigenvalue weighted by molar-refractivity contribution is 5.44. The lowest BCUT2D eigenvalue weighted by Crippen LogP contribution is -2.27. The molecule has 0 aromatic carbocycles. The van der Waals surface area contributed by atoms with E-state index < -0.39 is 0 Å². The van der Waals surface area contributed by atoms with Gasteiger partial charge in [0.15, 0.2) is 0 Å². The van der Waals surface area contributed by atoms with Crippen molar-refractivity contribution in [2.24, 2.45) is 5.92 Å². The van der Waals surface area contributed by atoms with E-state index in [-0.39, 0.29) is 0 Å².